The summed E-state index contributed by atoms with van der Waals surface area (Å²) in [5, 5.41) is 6.60. The van der Waals surface area contributed by atoms with E-state index in [2.05, 4.69) is 38.6 Å². The van der Waals surface area contributed by atoms with Crippen molar-refractivity contribution in [2.45, 2.75) is 19.8 Å². The highest BCUT2D eigenvalue weighted by molar-refractivity contribution is 7.16. The fourth-order valence-corrected chi connectivity index (χ4v) is 2.91. The number of fused-ring (bicyclic) bond motifs is 1. The molecule has 0 aliphatic carbocycles. The first-order chi connectivity index (χ1) is 9.78. The van der Waals surface area contributed by atoms with Gasteiger partial charge < -0.3 is 9.88 Å². The molecule has 0 saturated carbocycles. The Morgan fingerprint density at radius 3 is 3.00 bits per heavy atom. The number of hydrogen-bond donors (Lipinski definition) is 1. The summed E-state index contributed by atoms with van der Waals surface area (Å²) in [6.45, 7) is 2.92. The first-order valence-corrected chi connectivity index (χ1v) is 7.59. The van der Waals surface area contributed by atoms with E-state index >= 15 is 0 Å². The van der Waals surface area contributed by atoms with Crippen LogP contribution in [0.3, 0.4) is 0 Å². The standard InChI is InChI=1S/C14H17N5S/c1-3-12-17-13(11-5-7-20-14(11)18-12)16-6-4-10-8-15-9-19(10)2/h5,7-9H,3-4,6H2,1-2H3,(H,16,17,18). The number of imidazole rings is 1. The van der Waals surface area contributed by atoms with Gasteiger partial charge in [-0.3, -0.25) is 0 Å². The van der Waals surface area contributed by atoms with Gasteiger partial charge in [0, 0.05) is 38.3 Å². The molecule has 3 rings (SSSR count). The molecule has 0 fully saturated rings. The van der Waals surface area contributed by atoms with Crippen molar-refractivity contribution >= 4 is 27.4 Å². The molecule has 3 aromatic heterocycles. The van der Waals surface area contributed by atoms with Crippen molar-refractivity contribution in [1.29, 1.82) is 0 Å². The summed E-state index contributed by atoms with van der Waals surface area (Å²) in [7, 11) is 2.01. The minimum Gasteiger partial charge on any atom is -0.369 e. The van der Waals surface area contributed by atoms with Gasteiger partial charge in [0.1, 0.15) is 16.5 Å². The molecule has 1 N–H and O–H groups in total. The van der Waals surface area contributed by atoms with Crippen LogP contribution in [0.15, 0.2) is 24.0 Å². The van der Waals surface area contributed by atoms with Crippen LogP contribution < -0.4 is 5.32 Å². The highest BCUT2D eigenvalue weighted by Gasteiger charge is 2.08. The van der Waals surface area contributed by atoms with Gasteiger partial charge in [-0.25, -0.2) is 15.0 Å². The van der Waals surface area contributed by atoms with Crippen LogP contribution in [-0.4, -0.2) is 26.1 Å². The number of nitrogens with zero attached hydrogens (tertiary/aromatic N) is 4. The van der Waals surface area contributed by atoms with Gasteiger partial charge in [-0.2, -0.15) is 0 Å². The molecule has 0 aromatic carbocycles. The van der Waals surface area contributed by atoms with Crippen molar-refractivity contribution in [3.05, 3.63) is 35.5 Å². The third kappa shape index (κ3) is 2.51. The lowest BCUT2D eigenvalue weighted by Crippen LogP contribution is -2.10. The Bertz CT molecular complexity index is 715. The van der Waals surface area contributed by atoms with Crippen LogP contribution in [0.4, 0.5) is 5.82 Å². The SMILES string of the molecule is CCc1nc(NCCc2cncn2C)c2ccsc2n1. The largest absolute Gasteiger partial charge is 0.369 e. The molecular formula is C14H17N5S. The van der Waals surface area contributed by atoms with Crippen LogP contribution in [0.5, 0.6) is 0 Å². The van der Waals surface area contributed by atoms with Crippen molar-refractivity contribution in [3.63, 3.8) is 0 Å². The van der Waals surface area contributed by atoms with E-state index in [0.717, 1.165) is 41.2 Å². The molecule has 6 heteroatoms. The number of rotatable bonds is 5. The molecule has 0 spiro atoms. The molecule has 104 valence electrons. The molecule has 3 heterocycles. The molecule has 5 nitrogen and oxygen atoms in total. The van der Waals surface area contributed by atoms with Crippen LogP contribution in [0.25, 0.3) is 10.2 Å². The summed E-state index contributed by atoms with van der Waals surface area (Å²) in [5.74, 6) is 1.83. The minimum absolute atomic E-state index is 0.838. The van der Waals surface area contributed by atoms with E-state index in [-0.39, 0.29) is 0 Å². The Labute approximate surface area is 121 Å². The van der Waals surface area contributed by atoms with Crippen molar-refractivity contribution in [2.24, 2.45) is 7.05 Å². The second-order valence-corrected chi connectivity index (χ2v) is 5.55. The Morgan fingerprint density at radius 2 is 2.25 bits per heavy atom. The van der Waals surface area contributed by atoms with Crippen LogP contribution >= 0.6 is 11.3 Å². The Hall–Kier alpha value is -1.95. The van der Waals surface area contributed by atoms with E-state index in [4.69, 9.17) is 0 Å². The summed E-state index contributed by atoms with van der Waals surface area (Å²) in [5.41, 5.74) is 1.21. The summed E-state index contributed by atoms with van der Waals surface area (Å²) in [4.78, 5) is 14.3. The van der Waals surface area contributed by atoms with Gasteiger partial charge in [0.2, 0.25) is 0 Å². The van der Waals surface area contributed by atoms with Gasteiger partial charge in [-0.15, -0.1) is 11.3 Å². The average molecular weight is 287 g/mol. The molecule has 0 amide bonds. The number of aryl methyl sites for hydroxylation is 2. The van der Waals surface area contributed by atoms with Crippen molar-refractivity contribution in [2.75, 3.05) is 11.9 Å². The Morgan fingerprint density at radius 1 is 1.35 bits per heavy atom. The maximum absolute atomic E-state index is 4.59. The lowest BCUT2D eigenvalue weighted by molar-refractivity contribution is 0.814. The smallest absolute Gasteiger partial charge is 0.138 e. The van der Waals surface area contributed by atoms with Crippen molar-refractivity contribution < 1.29 is 0 Å². The lowest BCUT2D eigenvalue weighted by Gasteiger charge is -2.08. The first kappa shape index (κ1) is 13.1. The van der Waals surface area contributed by atoms with E-state index in [9.17, 15) is 0 Å². The average Bonchev–Trinajstić information content (AvgIpc) is 3.07. The highest BCUT2D eigenvalue weighted by Crippen LogP contribution is 2.25. The van der Waals surface area contributed by atoms with Crippen LogP contribution in [-0.2, 0) is 19.9 Å². The summed E-state index contributed by atoms with van der Waals surface area (Å²) in [6.07, 6.45) is 5.50. The minimum atomic E-state index is 0.838. The fourth-order valence-electron chi connectivity index (χ4n) is 2.13. The molecule has 0 saturated heterocycles. The van der Waals surface area contributed by atoms with E-state index in [1.807, 2.05) is 24.1 Å². The highest BCUT2D eigenvalue weighted by atomic mass is 32.1. The van der Waals surface area contributed by atoms with Gasteiger partial charge in [-0.1, -0.05) is 6.92 Å². The Balaban J connectivity index is 1.76. The zero-order valence-corrected chi connectivity index (χ0v) is 12.4. The van der Waals surface area contributed by atoms with Gasteiger partial charge in [0.15, 0.2) is 0 Å². The number of hydrogen-bond acceptors (Lipinski definition) is 5. The summed E-state index contributed by atoms with van der Waals surface area (Å²) < 4.78 is 2.04. The van der Waals surface area contributed by atoms with Crippen molar-refractivity contribution in [3.8, 4) is 0 Å². The molecule has 0 unspecified atom stereocenters. The number of nitrogens with one attached hydrogen (secondary N) is 1. The lowest BCUT2D eigenvalue weighted by atomic mass is 10.3. The molecule has 0 atom stereocenters. The maximum Gasteiger partial charge on any atom is 0.138 e. The topological polar surface area (TPSA) is 55.6 Å². The Kier molecular flexibility index (Phi) is 3.64. The van der Waals surface area contributed by atoms with Gasteiger partial charge in [0.05, 0.1) is 11.7 Å². The van der Waals surface area contributed by atoms with E-state index in [1.54, 1.807) is 11.3 Å². The normalized spacial score (nSPS) is 11.1. The molecule has 20 heavy (non-hydrogen) atoms. The molecule has 0 aliphatic rings. The van der Waals surface area contributed by atoms with Crippen LogP contribution in [0.2, 0.25) is 0 Å². The molecule has 3 aromatic rings. The maximum atomic E-state index is 4.59. The zero-order valence-electron chi connectivity index (χ0n) is 11.6. The summed E-state index contributed by atoms with van der Waals surface area (Å²) >= 11 is 1.66. The molecule has 0 radical (unpaired) electrons. The quantitative estimate of drug-likeness (QED) is 0.784. The molecule has 0 aliphatic heterocycles. The van der Waals surface area contributed by atoms with Crippen LogP contribution in [0.1, 0.15) is 18.4 Å². The fraction of sp³-hybridized carbons (Fsp3) is 0.357. The van der Waals surface area contributed by atoms with Gasteiger partial charge in [0.25, 0.3) is 0 Å². The number of aromatic nitrogens is 4. The van der Waals surface area contributed by atoms with E-state index in [0.29, 0.717) is 0 Å². The first-order valence-electron chi connectivity index (χ1n) is 6.71. The molecule has 0 bridgehead atoms. The molecular weight excluding hydrogens is 270 g/mol. The number of anilines is 1. The second-order valence-electron chi connectivity index (χ2n) is 4.65. The zero-order chi connectivity index (χ0) is 13.9. The van der Waals surface area contributed by atoms with Gasteiger partial charge >= 0.3 is 0 Å². The van der Waals surface area contributed by atoms with E-state index < -0.39 is 0 Å². The second kappa shape index (κ2) is 5.58. The van der Waals surface area contributed by atoms with Crippen molar-refractivity contribution in [1.82, 2.24) is 19.5 Å². The number of thiophene rings is 1. The predicted molar refractivity (Wildman–Crippen MR) is 82.2 cm³/mol. The monoisotopic (exact) mass is 287 g/mol. The van der Waals surface area contributed by atoms with Crippen LogP contribution in [0, 0.1) is 0 Å². The van der Waals surface area contributed by atoms with E-state index in [1.165, 1.54) is 5.69 Å². The predicted octanol–water partition coefficient (Wildman–Crippen LogP) is 2.64. The van der Waals surface area contributed by atoms with Gasteiger partial charge in [-0.05, 0) is 11.4 Å². The third-order valence-corrected chi connectivity index (χ3v) is 4.08. The summed E-state index contributed by atoms with van der Waals surface area (Å²) in [6, 6.07) is 2.08. The third-order valence-electron chi connectivity index (χ3n) is 3.28.